The molecule has 0 radical (unpaired) electrons. The second-order valence-electron chi connectivity index (χ2n) is 4.58. The van der Waals surface area contributed by atoms with Crippen molar-refractivity contribution < 1.29 is 32.7 Å². The van der Waals surface area contributed by atoms with Gasteiger partial charge in [0, 0.05) is 20.6 Å². The fourth-order valence-corrected chi connectivity index (χ4v) is 3.30. The van der Waals surface area contributed by atoms with Crippen molar-refractivity contribution in [1.82, 2.24) is 0 Å². The van der Waals surface area contributed by atoms with Gasteiger partial charge in [-0.2, -0.15) is 0 Å². The van der Waals surface area contributed by atoms with Crippen LogP contribution >= 0.6 is 7.82 Å². The Bertz CT molecular complexity index is 345. The molecule has 2 saturated heterocycles. The van der Waals surface area contributed by atoms with Crippen LogP contribution in [0.3, 0.4) is 0 Å². The Hall–Kier alpha value is -0.0100. The summed E-state index contributed by atoms with van der Waals surface area (Å²) in [4.78, 5) is 9.47. The van der Waals surface area contributed by atoms with E-state index in [9.17, 15) is 9.46 Å². The van der Waals surface area contributed by atoms with Gasteiger partial charge in [-0.15, -0.1) is 0 Å². The van der Waals surface area contributed by atoms with E-state index in [-0.39, 0.29) is 18.8 Å². The summed E-state index contributed by atoms with van der Waals surface area (Å²) < 4.78 is 37.8. The maximum Gasteiger partial charge on any atom is 0.472 e. The average Bonchev–Trinajstić information content (AvgIpc) is 2.47. The van der Waals surface area contributed by atoms with Crippen LogP contribution in [0.25, 0.3) is 0 Å². The van der Waals surface area contributed by atoms with Gasteiger partial charge in [0.1, 0.15) is 17.8 Å². The van der Waals surface area contributed by atoms with E-state index in [0.717, 1.165) is 7.11 Å². The quantitative estimate of drug-likeness (QED) is 0.743. The van der Waals surface area contributed by atoms with Crippen molar-refractivity contribution in [2.45, 2.75) is 37.3 Å². The van der Waals surface area contributed by atoms with Crippen LogP contribution in [-0.2, 0) is 27.8 Å². The van der Waals surface area contributed by atoms with Crippen molar-refractivity contribution in [2.75, 3.05) is 27.4 Å². The number of phosphoric acid groups is 1. The van der Waals surface area contributed by atoms with Crippen molar-refractivity contribution >= 4 is 7.82 Å². The highest BCUT2D eigenvalue weighted by Crippen LogP contribution is 2.51. The summed E-state index contributed by atoms with van der Waals surface area (Å²) in [5.41, 5.74) is -0.742. The second-order valence-corrected chi connectivity index (χ2v) is 6.10. The average molecular weight is 282 g/mol. The first-order valence-electron chi connectivity index (χ1n) is 5.79. The Labute approximate surface area is 106 Å². The predicted octanol–water partition coefficient (Wildman–Crippen LogP) is 0.711. The SMILES string of the molecule is COCC12CCOC(C(C)O1)C2OP(=O)(O)OC. The van der Waals surface area contributed by atoms with E-state index in [1.807, 2.05) is 6.92 Å². The van der Waals surface area contributed by atoms with Crippen LogP contribution in [0, 0.1) is 0 Å². The van der Waals surface area contributed by atoms with Crippen molar-refractivity contribution in [3.63, 3.8) is 0 Å². The van der Waals surface area contributed by atoms with E-state index in [2.05, 4.69) is 4.52 Å². The Kier molecular flexibility index (Phi) is 4.14. The lowest BCUT2D eigenvalue weighted by Gasteiger charge is -2.38. The van der Waals surface area contributed by atoms with Gasteiger partial charge in [-0.3, -0.25) is 9.05 Å². The van der Waals surface area contributed by atoms with Gasteiger partial charge in [-0.05, 0) is 6.92 Å². The van der Waals surface area contributed by atoms with Gasteiger partial charge in [0.25, 0.3) is 0 Å². The lowest BCUT2D eigenvalue weighted by Crippen LogP contribution is -2.52. The summed E-state index contributed by atoms with van der Waals surface area (Å²) in [7, 11) is -1.41. The van der Waals surface area contributed by atoms with Crippen LogP contribution in [-0.4, -0.2) is 56.2 Å². The van der Waals surface area contributed by atoms with Crippen molar-refractivity contribution in [3.8, 4) is 0 Å². The molecule has 7 nitrogen and oxygen atoms in total. The molecule has 2 heterocycles. The van der Waals surface area contributed by atoms with Crippen LogP contribution in [0.15, 0.2) is 0 Å². The molecule has 0 spiro atoms. The maximum absolute atomic E-state index is 11.6. The van der Waals surface area contributed by atoms with E-state index in [1.54, 1.807) is 7.11 Å². The Morgan fingerprint density at radius 1 is 1.50 bits per heavy atom. The summed E-state index contributed by atoms with van der Waals surface area (Å²) in [6.45, 7) is 2.64. The zero-order valence-electron chi connectivity index (χ0n) is 10.7. The third kappa shape index (κ3) is 2.49. The standard InChI is InChI=1S/C10H19O7P/c1-7-8-9(17-18(11,12)14-3)10(16-7,6-13-2)4-5-15-8/h7-9H,4-6H2,1-3H3,(H,11,12). The number of hydrogen-bond acceptors (Lipinski definition) is 6. The molecule has 2 fully saturated rings. The van der Waals surface area contributed by atoms with E-state index >= 15 is 0 Å². The molecule has 0 saturated carbocycles. The summed E-state index contributed by atoms with van der Waals surface area (Å²) in [6, 6.07) is 0. The monoisotopic (exact) mass is 282 g/mol. The molecule has 0 amide bonds. The topological polar surface area (TPSA) is 83.5 Å². The third-order valence-corrected chi connectivity index (χ3v) is 4.36. The molecule has 0 aromatic carbocycles. The number of methoxy groups -OCH3 is 1. The maximum atomic E-state index is 11.6. The highest BCUT2D eigenvalue weighted by atomic mass is 31.2. The number of ether oxygens (including phenoxy) is 3. The lowest BCUT2D eigenvalue weighted by atomic mass is 9.90. The van der Waals surface area contributed by atoms with E-state index in [4.69, 9.17) is 18.7 Å². The second kappa shape index (κ2) is 5.17. The van der Waals surface area contributed by atoms with Crippen LogP contribution in [0.2, 0.25) is 0 Å². The summed E-state index contributed by atoms with van der Waals surface area (Å²) in [5.74, 6) is 0. The van der Waals surface area contributed by atoms with E-state index in [0.29, 0.717) is 13.0 Å². The summed E-state index contributed by atoms with van der Waals surface area (Å²) >= 11 is 0. The minimum atomic E-state index is -4.08. The van der Waals surface area contributed by atoms with Gasteiger partial charge in [0.2, 0.25) is 0 Å². The summed E-state index contributed by atoms with van der Waals surface area (Å²) in [5, 5.41) is 0. The molecule has 1 N–H and O–H groups in total. The first-order valence-corrected chi connectivity index (χ1v) is 7.29. The molecule has 8 heteroatoms. The molecule has 0 aromatic heterocycles. The van der Waals surface area contributed by atoms with Crippen molar-refractivity contribution in [3.05, 3.63) is 0 Å². The predicted molar refractivity (Wildman–Crippen MR) is 61.2 cm³/mol. The highest BCUT2D eigenvalue weighted by molar-refractivity contribution is 7.47. The minimum Gasteiger partial charge on any atom is -0.382 e. The zero-order valence-corrected chi connectivity index (χ0v) is 11.6. The van der Waals surface area contributed by atoms with E-state index < -0.39 is 19.5 Å². The lowest BCUT2D eigenvalue weighted by molar-refractivity contribution is -0.141. The van der Waals surface area contributed by atoms with Crippen LogP contribution in [0.1, 0.15) is 13.3 Å². The number of fused-ring (bicyclic) bond motifs is 2. The molecule has 2 aliphatic heterocycles. The molecule has 2 bridgehead atoms. The van der Waals surface area contributed by atoms with Crippen molar-refractivity contribution in [1.29, 1.82) is 0 Å². The molecule has 5 unspecified atom stereocenters. The Balaban J connectivity index is 2.22. The summed E-state index contributed by atoms with van der Waals surface area (Å²) in [6.07, 6.45) is -0.721. The molecule has 0 aromatic rings. The van der Waals surface area contributed by atoms with Crippen LogP contribution in [0.5, 0.6) is 0 Å². The molecule has 2 rings (SSSR count). The fourth-order valence-electron chi connectivity index (χ4n) is 2.62. The van der Waals surface area contributed by atoms with Gasteiger partial charge >= 0.3 is 7.82 Å². The van der Waals surface area contributed by atoms with E-state index in [1.165, 1.54) is 0 Å². The smallest absolute Gasteiger partial charge is 0.382 e. The van der Waals surface area contributed by atoms with Gasteiger partial charge in [0.15, 0.2) is 0 Å². The van der Waals surface area contributed by atoms with Gasteiger partial charge in [-0.1, -0.05) is 0 Å². The van der Waals surface area contributed by atoms with Crippen LogP contribution < -0.4 is 0 Å². The molecule has 2 aliphatic rings. The molecule has 18 heavy (non-hydrogen) atoms. The fraction of sp³-hybridized carbons (Fsp3) is 1.00. The van der Waals surface area contributed by atoms with Gasteiger partial charge in [0.05, 0.1) is 19.3 Å². The first kappa shape index (κ1) is 14.4. The Morgan fingerprint density at radius 3 is 2.83 bits per heavy atom. The Morgan fingerprint density at radius 2 is 2.22 bits per heavy atom. The molecular formula is C10H19O7P. The number of phosphoric ester groups is 1. The normalized spacial score (nSPS) is 42.8. The molecule has 5 atom stereocenters. The van der Waals surface area contributed by atoms with Crippen LogP contribution in [0.4, 0.5) is 0 Å². The van der Waals surface area contributed by atoms with Gasteiger partial charge < -0.3 is 19.1 Å². The number of rotatable bonds is 5. The minimum absolute atomic E-state index is 0.218. The van der Waals surface area contributed by atoms with Gasteiger partial charge in [-0.25, -0.2) is 4.57 Å². The third-order valence-electron chi connectivity index (χ3n) is 3.40. The highest BCUT2D eigenvalue weighted by Gasteiger charge is 2.59. The number of hydrogen-bond donors (Lipinski definition) is 1. The largest absolute Gasteiger partial charge is 0.472 e. The first-order chi connectivity index (χ1) is 8.44. The molecular weight excluding hydrogens is 263 g/mol. The molecule has 0 aliphatic carbocycles. The zero-order chi connectivity index (χ0) is 13.4. The molecule has 106 valence electrons. The van der Waals surface area contributed by atoms with Crippen molar-refractivity contribution in [2.24, 2.45) is 0 Å².